The number of hydrogen-bond acceptors (Lipinski definition) is 3. The number of nitrogens with one attached hydrogen (secondary N) is 3. The van der Waals surface area contributed by atoms with E-state index in [9.17, 15) is 4.79 Å². The van der Waals surface area contributed by atoms with E-state index in [4.69, 9.17) is 17.0 Å². The molecule has 3 N–H and O–H groups in total. The van der Waals surface area contributed by atoms with Gasteiger partial charge in [0, 0.05) is 10.0 Å². The van der Waals surface area contributed by atoms with Crippen molar-refractivity contribution in [2.24, 2.45) is 0 Å². The molecule has 1 atom stereocenters. The Hall–Kier alpha value is -2.90. The second-order valence-corrected chi connectivity index (χ2v) is 7.95. The van der Waals surface area contributed by atoms with E-state index in [1.807, 2.05) is 73.7 Å². The fraction of sp³-hybridized carbons (Fsp3) is 0.130. The Morgan fingerprint density at radius 2 is 1.73 bits per heavy atom. The molecule has 30 heavy (non-hydrogen) atoms. The first-order valence-corrected chi connectivity index (χ1v) is 10.6. The Bertz CT molecular complexity index is 997. The van der Waals surface area contributed by atoms with Crippen LogP contribution in [0.2, 0.25) is 0 Å². The first-order valence-electron chi connectivity index (χ1n) is 9.40. The average molecular weight is 484 g/mol. The minimum absolute atomic E-state index is 0.0159. The number of rotatable bonds is 6. The van der Waals surface area contributed by atoms with Crippen molar-refractivity contribution in [1.82, 2.24) is 16.2 Å². The Kier molecular flexibility index (Phi) is 7.82. The molecule has 0 aliphatic rings. The quantitative estimate of drug-likeness (QED) is 0.343. The van der Waals surface area contributed by atoms with E-state index in [1.54, 1.807) is 12.1 Å². The van der Waals surface area contributed by atoms with Gasteiger partial charge in [0.1, 0.15) is 12.4 Å². The van der Waals surface area contributed by atoms with E-state index in [2.05, 4.69) is 32.1 Å². The van der Waals surface area contributed by atoms with Crippen molar-refractivity contribution < 1.29 is 9.53 Å². The van der Waals surface area contributed by atoms with Gasteiger partial charge in [-0.25, -0.2) is 0 Å². The molecule has 0 aromatic heterocycles. The van der Waals surface area contributed by atoms with Crippen LogP contribution in [0.4, 0.5) is 0 Å². The van der Waals surface area contributed by atoms with Crippen molar-refractivity contribution in [3.63, 3.8) is 0 Å². The summed E-state index contributed by atoms with van der Waals surface area (Å²) >= 11 is 8.67. The summed E-state index contributed by atoms with van der Waals surface area (Å²) < 4.78 is 6.76. The van der Waals surface area contributed by atoms with E-state index in [1.165, 1.54) is 0 Å². The zero-order valence-electron chi connectivity index (χ0n) is 16.4. The number of thiocarbonyl (C=S) groups is 1. The zero-order chi connectivity index (χ0) is 21.3. The molecule has 0 spiro atoms. The van der Waals surface area contributed by atoms with Gasteiger partial charge in [-0.3, -0.25) is 15.6 Å². The van der Waals surface area contributed by atoms with Gasteiger partial charge in [-0.05, 0) is 66.7 Å². The average Bonchev–Trinajstić information content (AvgIpc) is 2.78. The SMILES string of the molecule is CC(NC(=S)NNC(=O)c1cccc(COc2ccc(Br)cc2)c1)c1ccccc1. The lowest BCUT2D eigenvalue weighted by Gasteiger charge is -2.17. The summed E-state index contributed by atoms with van der Waals surface area (Å²) in [7, 11) is 0. The molecule has 3 rings (SSSR count). The monoisotopic (exact) mass is 483 g/mol. The fourth-order valence-electron chi connectivity index (χ4n) is 2.74. The summed E-state index contributed by atoms with van der Waals surface area (Å²) in [5.41, 5.74) is 7.88. The Labute approximate surface area is 189 Å². The van der Waals surface area contributed by atoms with Gasteiger partial charge in [0.25, 0.3) is 5.91 Å². The molecule has 3 aromatic carbocycles. The van der Waals surface area contributed by atoms with Crippen molar-refractivity contribution in [3.05, 3.63) is 100 Å². The summed E-state index contributed by atoms with van der Waals surface area (Å²) in [4.78, 5) is 12.5. The fourth-order valence-corrected chi connectivity index (χ4v) is 3.24. The van der Waals surface area contributed by atoms with E-state index in [0.717, 1.165) is 21.3 Å². The minimum atomic E-state index is -0.281. The van der Waals surface area contributed by atoms with Crippen LogP contribution in [-0.2, 0) is 6.61 Å². The second kappa shape index (κ2) is 10.8. The van der Waals surface area contributed by atoms with Crippen LogP contribution in [0, 0.1) is 0 Å². The molecular weight excluding hydrogens is 462 g/mol. The Morgan fingerprint density at radius 1 is 1.00 bits per heavy atom. The number of ether oxygens (including phenoxy) is 1. The summed E-state index contributed by atoms with van der Waals surface area (Å²) in [5.74, 6) is 0.482. The van der Waals surface area contributed by atoms with Crippen LogP contribution in [-0.4, -0.2) is 11.0 Å². The number of hydrazine groups is 1. The molecule has 0 saturated heterocycles. The van der Waals surface area contributed by atoms with Gasteiger partial charge >= 0.3 is 0 Å². The summed E-state index contributed by atoms with van der Waals surface area (Å²) in [5, 5.41) is 3.48. The Balaban J connectivity index is 1.49. The van der Waals surface area contributed by atoms with Gasteiger partial charge in [-0.15, -0.1) is 0 Å². The van der Waals surface area contributed by atoms with Crippen molar-refractivity contribution in [3.8, 4) is 5.75 Å². The highest BCUT2D eigenvalue weighted by Crippen LogP contribution is 2.17. The third kappa shape index (κ3) is 6.57. The lowest BCUT2D eigenvalue weighted by Crippen LogP contribution is -2.47. The number of benzene rings is 3. The highest BCUT2D eigenvalue weighted by Gasteiger charge is 2.09. The third-order valence-corrected chi connectivity index (χ3v) is 5.09. The maximum absolute atomic E-state index is 12.5. The zero-order valence-corrected chi connectivity index (χ0v) is 18.8. The van der Waals surface area contributed by atoms with Crippen LogP contribution in [0.25, 0.3) is 0 Å². The number of halogens is 1. The van der Waals surface area contributed by atoms with Crippen molar-refractivity contribution in [1.29, 1.82) is 0 Å². The van der Waals surface area contributed by atoms with Gasteiger partial charge in [-0.1, -0.05) is 58.4 Å². The standard InChI is InChI=1S/C23H22BrN3O2S/c1-16(18-7-3-2-4-8-18)25-23(30)27-26-22(28)19-9-5-6-17(14-19)15-29-21-12-10-20(24)11-13-21/h2-14,16H,15H2,1H3,(H,26,28)(H2,25,27,30). The van der Waals surface area contributed by atoms with E-state index >= 15 is 0 Å². The topological polar surface area (TPSA) is 62.4 Å². The molecule has 0 heterocycles. The molecule has 0 fully saturated rings. The molecule has 0 radical (unpaired) electrons. The van der Waals surface area contributed by atoms with E-state index < -0.39 is 0 Å². The molecule has 1 unspecified atom stereocenters. The van der Waals surface area contributed by atoms with Crippen LogP contribution in [0.3, 0.4) is 0 Å². The van der Waals surface area contributed by atoms with Crippen LogP contribution in [0.1, 0.15) is 34.5 Å². The third-order valence-electron chi connectivity index (χ3n) is 4.35. The number of amides is 1. The smallest absolute Gasteiger partial charge is 0.269 e. The first-order chi connectivity index (χ1) is 14.5. The number of carbonyl (C=O) groups is 1. The lowest BCUT2D eigenvalue weighted by molar-refractivity contribution is 0.0943. The van der Waals surface area contributed by atoms with Gasteiger partial charge < -0.3 is 10.1 Å². The number of carbonyl (C=O) groups excluding carboxylic acids is 1. The van der Waals surface area contributed by atoms with Crippen LogP contribution < -0.4 is 20.9 Å². The molecule has 1 amide bonds. The molecule has 154 valence electrons. The molecule has 5 nitrogen and oxygen atoms in total. The Morgan fingerprint density at radius 3 is 2.47 bits per heavy atom. The molecule has 0 aliphatic heterocycles. The maximum atomic E-state index is 12.5. The largest absolute Gasteiger partial charge is 0.489 e. The highest BCUT2D eigenvalue weighted by molar-refractivity contribution is 9.10. The molecule has 3 aromatic rings. The second-order valence-electron chi connectivity index (χ2n) is 6.63. The molecule has 0 saturated carbocycles. The normalized spacial score (nSPS) is 11.3. The summed E-state index contributed by atoms with van der Waals surface area (Å²) in [6.45, 7) is 2.37. The van der Waals surface area contributed by atoms with E-state index in [-0.39, 0.29) is 11.9 Å². The predicted molar refractivity (Wildman–Crippen MR) is 126 cm³/mol. The van der Waals surface area contributed by atoms with Crippen LogP contribution in [0.15, 0.2) is 83.3 Å². The minimum Gasteiger partial charge on any atom is -0.489 e. The van der Waals surface area contributed by atoms with Gasteiger partial charge in [-0.2, -0.15) is 0 Å². The van der Waals surface area contributed by atoms with Gasteiger partial charge in [0.05, 0.1) is 6.04 Å². The maximum Gasteiger partial charge on any atom is 0.269 e. The van der Waals surface area contributed by atoms with Crippen molar-refractivity contribution in [2.75, 3.05) is 0 Å². The predicted octanol–water partition coefficient (Wildman–Crippen LogP) is 4.90. The molecular formula is C23H22BrN3O2S. The molecule has 0 aliphatic carbocycles. The van der Waals surface area contributed by atoms with Crippen molar-refractivity contribution >= 4 is 39.2 Å². The molecule has 0 bridgehead atoms. The first kappa shape index (κ1) is 21.8. The van der Waals surface area contributed by atoms with Gasteiger partial charge in [0.15, 0.2) is 5.11 Å². The summed E-state index contributed by atoms with van der Waals surface area (Å²) in [6, 6.07) is 24.8. The summed E-state index contributed by atoms with van der Waals surface area (Å²) in [6.07, 6.45) is 0. The van der Waals surface area contributed by atoms with Gasteiger partial charge in [0.2, 0.25) is 0 Å². The number of hydrogen-bond donors (Lipinski definition) is 3. The van der Waals surface area contributed by atoms with Crippen LogP contribution >= 0.6 is 28.1 Å². The van der Waals surface area contributed by atoms with E-state index in [0.29, 0.717) is 17.3 Å². The van der Waals surface area contributed by atoms with Crippen LogP contribution in [0.5, 0.6) is 5.75 Å². The molecule has 7 heteroatoms. The lowest BCUT2D eigenvalue weighted by atomic mass is 10.1. The highest BCUT2D eigenvalue weighted by atomic mass is 79.9. The van der Waals surface area contributed by atoms with Crippen molar-refractivity contribution in [2.45, 2.75) is 19.6 Å².